The standard InChI is InChI=1S/C23H34N4O3/c1-3-18-8-10-23(11-9-18)21(28)27(22(29)24-23)17-25(2)16-19-4-6-20(7-5-19)26-12-14-30-15-13-26/h4-7,18H,3,8-17H2,1-2H3,(H,24,29). The van der Waals surface area contributed by atoms with Crippen molar-refractivity contribution in [1.29, 1.82) is 0 Å². The van der Waals surface area contributed by atoms with Crippen LogP contribution in [0.3, 0.4) is 0 Å². The fraction of sp³-hybridized carbons (Fsp3) is 0.652. The lowest BCUT2D eigenvalue weighted by Gasteiger charge is -2.34. The first-order chi connectivity index (χ1) is 14.5. The summed E-state index contributed by atoms with van der Waals surface area (Å²) in [6.45, 7) is 6.60. The summed E-state index contributed by atoms with van der Waals surface area (Å²) in [6.07, 6.45) is 4.71. The zero-order valence-electron chi connectivity index (χ0n) is 18.2. The molecule has 0 bridgehead atoms. The van der Waals surface area contributed by atoms with Gasteiger partial charge in [-0.2, -0.15) is 0 Å². The molecule has 3 aliphatic rings. The van der Waals surface area contributed by atoms with Crippen molar-refractivity contribution in [2.75, 3.05) is 44.9 Å². The molecule has 1 aromatic rings. The van der Waals surface area contributed by atoms with E-state index in [1.165, 1.54) is 16.2 Å². The van der Waals surface area contributed by atoms with Gasteiger partial charge in [-0.05, 0) is 56.3 Å². The van der Waals surface area contributed by atoms with Crippen LogP contribution in [0.5, 0.6) is 0 Å². The molecule has 1 aromatic carbocycles. The van der Waals surface area contributed by atoms with E-state index in [4.69, 9.17) is 4.74 Å². The van der Waals surface area contributed by atoms with Crippen LogP contribution in [0.4, 0.5) is 10.5 Å². The average molecular weight is 415 g/mol. The first-order valence-electron chi connectivity index (χ1n) is 11.2. The Morgan fingerprint density at radius 2 is 1.80 bits per heavy atom. The molecule has 1 spiro atoms. The number of rotatable bonds is 6. The van der Waals surface area contributed by atoms with Crippen LogP contribution in [0.1, 0.15) is 44.6 Å². The zero-order chi connectivity index (χ0) is 21.1. The van der Waals surface area contributed by atoms with Gasteiger partial charge in [-0.1, -0.05) is 25.5 Å². The number of anilines is 1. The van der Waals surface area contributed by atoms with E-state index in [9.17, 15) is 9.59 Å². The highest BCUT2D eigenvalue weighted by Gasteiger charge is 2.52. The Bertz CT molecular complexity index is 752. The number of hydrogen-bond acceptors (Lipinski definition) is 5. The van der Waals surface area contributed by atoms with Crippen molar-refractivity contribution in [3.63, 3.8) is 0 Å². The molecule has 4 rings (SSSR count). The molecule has 1 saturated carbocycles. The van der Waals surface area contributed by atoms with E-state index in [-0.39, 0.29) is 11.9 Å². The zero-order valence-corrected chi connectivity index (χ0v) is 18.2. The number of nitrogens with one attached hydrogen (secondary N) is 1. The van der Waals surface area contributed by atoms with Gasteiger partial charge in [-0.25, -0.2) is 9.69 Å². The van der Waals surface area contributed by atoms with Gasteiger partial charge in [0.25, 0.3) is 5.91 Å². The molecule has 0 radical (unpaired) electrons. The molecule has 7 nitrogen and oxygen atoms in total. The largest absolute Gasteiger partial charge is 0.378 e. The van der Waals surface area contributed by atoms with E-state index in [1.807, 2.05) is 11.9 Å². The van der Waals surface area contributed by atoms with Crippen LogP contribution >= 0.6 is 0 Å². The Labute approximate surface area is 179 Å². The maximum absolute atomic E-state index is 13.1. The molecule has 3 fully saturated rings. The van der Waals surface area contributed by atoms with E-state index in [2.05, 4.69) is 41.4 Å². The molecule has 0 atom stereocenters. The number of urea groups is 1. The molecular formula is C23H34N4O3. The van der Waals surface area contributed by atoms with Crippen LogP contribution in [-0.2, 0) is 16.1 Å². The number of benzene rings is 1. The summed E-state index contributed by atoms with van der Waals surface area (Å²) in [4.78, 5) is 31.4. The van der Waals surface area contributed by atoms with Gasteiger partial charge in [0.05, 0.1) is 19.9 Å². The SMILES string of the molecule is CCC1CCC2(CC1)NC(=O)N(CN(C)Cc1ccc(N3CCOCC3)cc1)C2=O. The van der Waals surface area contributed by atoms with Gasteiger partial charge in [0.15, 0.2) is 0 Å². The Morgan fingerprint density at radius 3 is 2.43 bits per heavy atom. The van der Waals surface area contributed by atoms with E-state index in [0.29, 0.717) is 19.1 Å². The molecule has 0 unspecified atom stereocenters. The minimum atomic E-state index is -0.663. The van der Waals surface area contributed by atoms with Gasteiger partial charge in [0.1, 0.15) is 5.54 Å². The minimum absolute atomic E-state index is 0.0448. The first kappa shape index (κ1) is 21.1. The molecule has 1 N–H and O–H groups in total. The van der Waals surface area contributed by atoms with Crippen LogP contribution in [0.25, 0.3) is 0 Å². The molecule has 7 heteroatoms. The number of carbonyl (C=O) groups excluding carboxylic acids is 2. The van der Waals surface area contributed by atoms with Gasteiger partial charge >= 0.3 is 6.03 Å². The van der Waals surface area contributed by atoms with Crippen molar-refractivity contribution in [3.8, 4) is 0 Å². The van der Waals surface area contributed by atoms with Crippen molar-refractivity contribution in [2.45, 2.75) is 51.1 Å². The number of carbonyl (C=O) groups is 2. The second kappa shape index (κ2) is 8.94. The van der Waals surface area contributed by atoms with E-state index >= 15 is 0 Å². The lowest BCUT2D eigenvalue weighted by atomic mass is 9.75. The van der Waals surface area contributed by atoms with Crippen molar-refractivity contribution >= 4 is 17.6 Å². The Hall–Kier alpha value is -2.12. The summed E-state index contributed by atoms with van der Waals surface area (Å²) in [5.74, 6) is 0.633. The third-order valence-electron chi connectivity index (χ3n) is 6.93. The van der Waals surface area contributed by atoms with Crippen LogP contribution in [-0.4, -0.2) is 67.3 Å². The molecular weight excluding hydrogens is 380 g/mol. The summed E-state index contributed by atoms with van der Waals surface area (Å²) in [6, 6.07) is 8.29. The summed E-state index contributed by atoms with van der Waals surface area (Å²) < 4.78 is 5.42. The first-order valence-corrected chi connectivity index (χ1v) is 11.2. The monoisotopic (exact) mass is 414 g/mol. The second-order valence-corrected chi connectivity index (χ2v) is 9.02. The highest BCUT2D eigenvalue weighted by molar-refractivity contribution is 6.07. The molecule has 1 aliphatic carbocycles. The van der Waals surface area contributed by atoms with E-state index < -0.39 is 5.54 Å². The lowest BCUT2D eigenvalue weighted by molar-refractivity contribution is -0.134. The maximum atomic E-state index is 13.1. The molecule has 0 aromatic heterocycles. The highest BCUT2D eigenvalue weighted by atomic mass is 16.5. The predicted molar refractivity (Wildman–Crippen MR) is 116 cm³/mol. The molecule has 30 heavy (non-hydrogen) atoms. The predicted octanol–water partition coefficient (Wildman–Crippen LogP) is 2.80. The third-order valence-corrected chi connectivity index (χ3v) is 6.93. The summed E-state index contributed by atoms with van der Waals surface area (Å²) >= 11 is 0. The highest BCUT2D eigenvalue weighted by Crippen LogP contribution is 2.37. The Morgan fingerprint density at radius 1 is 1.13 bits per heavy atom. The Kier molecular flexibility index (Phi) is 6.29. The number of imide groups is 1. The van der Waals surface area contributed by atoms with Crippen molar-refractivity contribution in [2.24, 2.45) is 5.92 Å². The number of ether oxygens (including phenoxy) is 1. The van der Waals surface area contributed by atoms with Crippen molar-refractivity contribution in [1.82, 2.24) is 15.1 Å². The lowest BCUT2D eigenvalue weighted by Crippen LogP contribution is -2.50. The van der Waals surface area contributed by atoms with Crippen LogP contribution in [0.2, 0.25) is 0 Å². The van der Waals surface area contributed by atoms with Crippen LogP contribution < -0.4 is 10.2 Å². The molecule has 164 valence electrons. The maximum Gasteiger partial charge on any atom is 0.326 e. The smallest absolute Gasteiger partial charge is 0.326 e. The van der Waals surface area contributed by atoms with Crippen LogP contribution in [0, 0.1) is 5.92 Å². The molecule has 2 heterocycles. The average Bonchev–Trinajstić information content (AvgIpc) is 2.99. The summed E-state index contributed by atoms with van der Waals surface area (Å²) in [5.41, 5.74) is 1.71. The molecule has 2 aliphatic heterocycles. The van der Waals surface area contributed by atoms with E-state index in [0.717, 1.165) is 58.4 Å². The van der Waals surface area contributed by atoms with Crippen molar-refractivity contribution in [3.05, 3.63) is 29.8 Å². The Balaban J connectivity index is 1.33. The van der Waals surface area contributed by atoms with Crippen LogP contribution in [0.15, 0.2) is 24.3 Å². The van der Waals surface area contributed by atoms with E-state index in [1.54, 1.807) is 0 Å². The quantitative estimate of drug-likeness (QED) is 0.725. The van der Waals surface area contributed by atoms with Gasteiger partial charge in [-0.15, -0.1) is 0 Å². The third kappa shape index (κ3) is 4.32. The molecule has 2 saturated heterocycles. The van der Waals surface area contributed by atoms with Crippen molar-refractivity contribution < 1.29 is 14.3 Å². The van der Waals surface area contributed by atoms with Gasteiger partial charge < -0.3 is 15.0 Å². The van der Waals surface area contributed by atoms with Gasteiger partial charge in [0.2, 0.25) is 0 Å². The fourth-order valence-electron chi connectivity index (χ4n) is 4.96. The number of nitrogens with zero attached hydrogens (tertiary/aromatic N) is 3. The summed E-state index contributed by atoms with van der Waals surface area (Å²) in [5, 5.41) is 3.02. The topological polar surface area (TPSA) is 65.1 Å². The second-order valence-electron chi connectivity index (χ2n) is 9.02. The number of hydrogen-bond donors (Lipinski definition) is 1. The normalized spacial score (nSPS) is 27.2. The summed E-state index contributed by atoms with van der Waals surface area (Å²) in [7, 11) is 1.95. The number of amides is 3. The van der Waals surface area contributed by atoms with Gasteiger partial charge in [0, 0.05) is 25.3 Å². The van der Waals surface area contributed by atoms with Gasteiger partial charge in [-0.3, -0.25) is 9.69 Å². The fourth-order valence-corrected chi connectivity index (χ4v) is 4.96. The minimum Gasteiger partial charge on any atom is -0.378 e. The molecule has 3 amide bonds. The number of morpholine rings is 1.